The minimum Gasteiger partial charge on any atom is -0.499 e. The van der Waals surface area contributed by atoms with Crippen molar-refractivity contribution in [3.63, 3.8) is 0 Å². The number of carboxylic acids is 1. The van der Waals surface area contributed by atoms with Crippen molar-refractivity contribution in [3.8, 4) is 16.3 Å². The maximum Gasteiger partial charge on any atom is 0.435 e. The topological polar surface area (TPSA) is 122 Å². The van der Waals surface area contributed by atoms with E-state index in [4.69, 9.17) is 5.11 Å². The molecule has 1 atom stereocenters. The Hall–Kier alpha value is -3.41. The molecule has 0 saturated heterocycles. The van der Waals surface area contributed by atoms with Crippen molar-refractivity contribution >= 4 is 33.3 Å². The molecule has 0 saturated carbocycles. The molecule has 0 radical (unpaired) electrons. The number of aliphatic carboxylic acids is 1. The lowest BCUT2D eigenvalue weighted by atomic mass is 10.1. The van der Waals surface area contributed by atoms with Gasteiger partial charge in [-0.25, -0.2) is 0 Å². The highest BCUT2D eigenvalue weighted by atomic mass is 32.1. The van der Waals surface area contributed by atoms with Crippen molar-refractivity contribution in [3.05, 3.63) is 45.7 Å². The molecule has 0 aliphatic heterocycles. The molecular formula is C18H14F3N3O5S. The van der Waals surface area contributed by atoms with E-state index < -0.39 is 45.8 Å². The van der Waals surface area contributed by atoms with Gasteiger partial charge in [-0.05, 0) is 25.1 Å². The van der Waals surface area contributed by atoms with Gasteiger partial charge in [0.05, 0.1) is 5.69 Å². The number of rotatable bonds is 4. The Morgan fingerprint density at radius 2 is 1.93 bits per heavy atom. The predicted molar refractivity (Wildman–Crippen MR) is 102 cm³/mol. The van der Waals surface area contributed by atoms with Gasteiger partial charge in [0.25, 0.3) is 5.91 Å². The number of hydrogen-bond donors (Lipinski definition) is 3. The molecule has 12 heteroatoms. The first kappa shape index (κ1) is 21.3. The highest BCUT2D eigenvalue weighted by Crippen LogP contribution is 2.34. The monoisotopic (exact) mass is 441 g/mol. The number of hydrogen-bond acceptors (Lipinski definition) is 6. The molecule has 3 N–H and O–H groups in total. The summed E-state index contributed by atoms with van der Waals surface area (Å²) in [6.07, 6.45) is -4.62. The van der Waals surface area contributed by atoms with Gasteiger partial charge in [-0.1, -0.05) is 17.4 Å². The van der Waals surface area contributed by atoms with Gasteiger partial charge in [-0.3, -0.25) is 19.1 Å². The average Bonchev–Trinajstić information content (AvgIpc) is 3.03. The second-order valence-electron chi connectivity index (χ2n) is 6.39. The first-order chi connectivity index (χ1) is 13.9. The third kappa shape index (κ3) is 3.85. The zero-order valence-electron chi connectivity index (χ0n) is 15.4. The highest BCUT2D eigenvalue weighted by molar-refractivity contribution is 7.20. The van der Waals surface area contributed by atoms with Gasteiger partial charge >= 0.3 is 12.1 Å². The third-order valence-corrected chi connectivity index (χ3v) is 5.24. The van der Waals surface area contributed by atoms with Crippen LogP contribution in [0.2, 0.25) is 0 Å². The molecular weight excluding hydrogens is 427 g/mol. The van der Waals surface area contributed by atoms with Crippen molar-refractivity contribution < 1.29 is 33.0 Å². The van der Waals surface area contributed by atoms with Crippen LogP contribution in [0.25, 0.3) is 21.3 Å². The third-order valence-electron chi connectivity index (χ3n) is 4.28. The average molecular weight is 441 g/mol. The SMILES string of the molecule is CC(NC(=O)c1c(O)sc2cc(-c3cc(C(F)(F)F)nn3C)ccc2c1=O)C(=O)O. The van der Waals surface area contributed by atoms with E-state index in [1.807, 2.05) is 0 Å². The molecule has 1 amide bonds. The Bertz CT molecular complexity index is 1230. The zero-order chi connectivity index (χ0) is 22.4. The van der Waals surface area contributed by atoms with E-state index in [9.17, 15) is 32.7 Å². The molecule has 0 aliphatic rings. The fourth-order valence-electron chi connectivity index (χ4n) is 2.75. The number of amides is 1. The van der Waals surface area contributed by atoms with Crippen LogP contribution in [0.5, 0.6) is 5.06 Å². The summed E-state index contributed by atoms with van der Waals surface area (Å²) in [5.41, 5.74) is -2.05. The van der Waals surface area contributed by atoms with Gasteiger partial charge in [0.2, 0.25) is 5.43 Å². The number of alkyl halides is 3. The second-order valence-corrected chi connectivity index (χ2v) is 7.42. The van der Waals surface area contributed by atoms with Gasteiger partial charge in [-0.2, -0.15) is 18.3 Å². The van der Waals surface area contributed by atoms with Crippen molar-refractivity contribution in [2.75, 3.05) is 0 Å². The maximum atomic E-state index is 12.9. The standard InChI is InChI=1S/C18H14F3N3O5S/c1-7(16(27)28)22-15(26)13-14(25)9-4-3-8(5-11(9)30-17(13)29)10-6-12(18(19,20)21)23-24(10)2/h3-7,29H,1-2H3,(H,22,26)(H,27,28). The van der Waals surface area contributed by atoms with Crippen molar-refractivity contribution in [2.45, 2.75) is 19.1 Å². The number of nitrogens with one attached hydrogen (secondary N) is 1. The van der Waals surface area contributed by atoms with Crippen LogP contribution < -0.4 is 10.7 Å². The van der Waals surface area contributed by atoms with Crippen molar-refractivity contribution in [1.29, 1.82) is 0 Å². The first-order valence-electron chi connectivity index (χ1n) is 8.35. The number of aryl methyl sites for hydroxylation is 1. The summed E-state index contributed by atoms with van der Waals surface area (Å²) in [7, 11) is 1.34. The van der Waals surface area contributed by atoms with Gasteiger partial charge in [0.15, 0.2) is 10.8 Å². The Labute approximate surface area is 170 Å². The van der Waals surface area contributed by atoms with Gasteiger partial charge in [0.1, 0.15) is 11.6 Å². The van der Waals surface area contributed by atoms with Gasteiger partial charge in [-0.15, -0.1) is 0 Å². The van der Waals surface area contributed by atoms with Gasteiger partial charge < -0.3 is 15.5 Å². The molecule has 30 heavy (non-hydrogen) atoms. The van der Waals surface area contributed by atoms with Crippen LogP contribution in [0, 0.1) is 0 Å². The molecule has 8 nitrogen and oxygen atoms in total. The van der Waals surface area contributed by atoms with E-state index in [1.54, 1.807) is 0 Å². The smallest absolute Gasteiger partial charge is 0.435 e. The van der Waals surface area contributed by atoms with E-state index in [2.05, 4.69) is 10.4 Å². The summed E-state index contributed by atoms with van der Waals surface area (Å²) in [6.45, 7) is 1.20. The summed E-state index contributed by atoms with van der Waals surface area (Å²) in [5.74, 6) is -2.37. The van der Waals surface area contributed by atoms with E-state index in [1.165, 1.54) is 32.2 Å². The molecule has 3 aromatic rings. The quantitative estimate of drug-likeness (QED) is 0.572. The molecule has 1 unspecified atom stereocenters. The number of aromatic nitrogens is 2. The molecule has 2 aromatic heterocycles. The fraction of sp³-hybridized carbons (Fsp3) is 0.222. The molecule has 1 aromatic carbocycles. The lowest BCUT2D eigenvalue weighted by molar-refractivity contribution is -0.141. The van der Waals surface area contributed by atoms with Crippen LogP contribution in [0.4, 0.5) is 13.2 Å². The fourth-order valence-corrected chi connectivity index (χ4v) is 3.70. The number of carbonyl (C=O) groups is 2. The Balaban J connectivity index is 2.08. The largest absolute Gasteiger partial charge is 0.499 e. The van der Waals surface area contributed by atoms with Crippen LogP contribution in [0.15, 0.2) is 29.1 Å². The molecule has 0 spiro atoms. The molecule has 0 aliphatic carbocycles. The number of carbonyl (C=O) groups excluding carboxylic acids is 1. The van der Waals surface area contributed by atoms with Crippen LogP contribution in [-0.2, 0) is 18.0 Å². The predicted octanol–water partition coefficient (Wildman–Crippen LogP) is 2.59. The first-order valence-corrected chi connectivity index (χ1v) is 9.17. The summed E-state index contributed by atoms with van der Waals surface area (Å²) in [6, 6.07) is 3.69. The summed E-state index contributed by atoms with van der Waals surface area (Å²) in [4.78, 5) is 35.8. The van der Waals surface area contributed by atoms with Crippen molar-refractivity contribution in [2.24, 2.45) is 7.05 Å². The Kier molecular flexibility index (Phi) is 5.29. The Morgan fingerprint density at radius 1 is 1.27 bits per heavy atom. The number of aromatic hydroxyl groups is 1. The summed E-state index contributed by atoms with van der Waals surface area (Å²) in [5, 5.41) is 24.0. The lowest BCUT2D eigenvalue weighted by Gasteiger charge is -2.10. The molecule has 3 rings (SSSR count). The Morgan fingerprint density at radius 3 is 2.50 bits per heavy atom. The molecule has 158 valence electrons. The summed E-state index contributed by atoms with van der Waals surface area (Å²) < 4.78 is 40.0. The van der Waals surface area contributed by atoms with E-state index in [-0.39, 0.29) is 15.8 Å². The lowest BCUT2D eigenvalue weighted by Crippen LogP contribution is -2.40. The number of carboxylic acid groups (broad SMARTS) is 1. The van der Waals surface area contributed by atoms with Crippen LogP contribution >= 0.6 is 11.3 Å². The minimum absolute atomic E-state index is 0.0490. The van der Waals surface area contributed by atoms with Crippen molar-refractivity contribution in [1.82, 2.24) is 15.1 Å². The van der Waals surface area contributed by atoms with Crippen LogP contribution in [0.1, 0.15) is 23.0 Å². The molecule has 2 heterocycles. The van der Waals surface area contributed by atoms with E-state index in [0.29, 0.717) is 16.9 Å². The molecule has 0 bridgehead atoms. The molecule has 0 fully saturated rings. The number of nitrogens with zero attached hydrogens (tertiary/aromatic N) is 2. The number of fused-ring (bicyclic) bond motifs is 1. The van der Waals surface area contributed by atoms with E-state index >= 15 is 0 Å². The van der Waals surface area contributed by atoms with Gasteiger partial charge in [0, 0.05) is 22.7 Å². The van der Waals surface area contributed by atoms with Crippen LogP contribution in [-0.4, -0.2) is 37.9 Å². The maximum absolute atomic E-state index is 12.9. The minimum atomic E-state index is -4.62. The zero-order valence-corrected chi connectivity index (χ0v) is 16.3. The highest BCUT2D eigenvalue weighted by Gasteiger charge is 2.34. The summed E-state index contributed by atoms with van der Waals surface area (Å²) >= 11 is 0.669. The van der Waals surface area contributed by atoms with Crippen LogP contribution in [0.3, 0.4) is 0 Å². The number of halogens is 3. The second kappa shape index (κ2) is 7.44. The van der Waals surface area contributed by atoms with E-state index in [0.717, 1.165) is 10.7 Å². The number of benzene rings is 1. The normalized spacial score (nSPS) is 12.7.